The number of imidazole rings is 1. The Balaban J connectivity index is 1.91. The summed E-state index contributed by atoms with van der Waals surface area (Å²) in [6.45, 7) is 5.61. The highest BCUT2D eigenvalue weighted by Crippen LogP contribution is 2.18. The number of amides is 1. The van der Waals surface area contributed by atoms with Gasteiger partial charge in [0, 0.05) is 16.2 Å². The Morgan fingerprint density at radius 2 is 1.85 bits per heavy atom. The monoisotopic (exact) mass is 367 g/mol. The molecule has 3 rings (SSSR count). The Hall–Kier alpha value is -2.92. The molecule has 132 valence electrons. The van der Waals surface area contributed by atoms with Crippen LogP contribution in [0.3, 0.4) is 0 Å². The van der Waals surface area contributed by atoms with Gasteiger partial charge in [0.05, 0.1) is 24.1 Å². The Morgan fingerprint density at radius 1 is 1.15 bits per heavy atom. The van der Waals surface area contributed by atoms with E-state index in [1.54, 1.807) is 31.2 Å². The second kappa shape index (κ2) is 7.54. The highest BCUT2D eigenvalue weighted by atomic mass is 35.5. The fraction of sp³-hybridized carbons (Fsp3) is 0.150. The van der Waals surface area contributed by atoms with Gasteiger partial charge in [-0.05, 0) is 43.3 Å². The summed E-state index contributed by atoms with van der Waals surface area (Å²) >= 11 is 5.89. The van der Waals surface area contributed by atoms with Gasteiger partial charge in [0.15, 0.2) is 5.78 Å². The van der Waals surface area contributed by atoms with Gasteiger partial charge in [0.1, 0.15) is 5.82 Å². The molecule has 6 heteroatoms. The molecule has 0 unspecified atom stereocenters. The van der Waals surface area contributed by atoms with E-state index < -0.39 is 0 Å². The molecule has 0 fully saturated rings. The van der Waals surface area contributed by atoms with Crippen molar-refractivity contribution >= 4 is 34.3 Å². The van der Waals surface area contributed by atoms with E-state index in [1.807, 2.05) is 28.8 Å². The van der Waals surface area contributed by atoms with Gasteiger partial charge >= 0.3 is 0 Å². The Labute approximate surface area is 156 Å². The van der Waals surface area contributed by atoms with Crippen LogP contribution in [0.1, 0.15) is 23.1 Å². The summed E-state index contributed by atoms with van der Waals surface area (Å²) < 4.78 is 1.82. The van der Waals surface area contributed by atoms with Gasteiger partial charge in [0.25, 0.3) is 0 Å². The third kappa shape index (κ3) is 3.83. The maximum absolute atomic E-state index is 12.7. The number of hydrogen-bond acceptors (Lipinski definition) is 3. The van der Waals surface area contributed by atoms with E-state index >= 15 is 0 Å². The van der Waals surface area contributed by atoms with Gasteiger partial charge in [-0.1, -0.05) is 30.3 Å². The number of carbonyl (C=O) groups excluding carboxylic acids is 2. The molecule has 0 radical (unpaired) electrons. The molecule has 5 nitrogen and oxygen atoms in total. The normalized spacial score (nSPS) is 10.7. The third-order valence-electron chi connectivity index (χ3n) is 4.00. The molecule has 0 bridgehead atoms. The van der Waals surface area contributed by atoms with E-state index in [0.717, 1.165) is 11.0 Å². The number of aromatic nitrogens is 2. The van der Waals surface area contributed by atoms with Crippen molar-refractivity contribution in [3.63, 3.8) is 0 Å². The van der Waals surface area contributed by atoms with Gasteiger partial charge in [-0.25, -0.2) is 4.98 Å². The molecule has 1 heterocycles. The lowest BCUT2D eigenvalue weighted by atomic mass is 10.1. The lowest BCUT2D eigenvalue weighted by Gasteiger charge is -2.10. The number of rotatable bonds is 6. The number of Topliss-reactive ketones (excluding diaryl/α,β-unsaturated/α-hetero) is 1. The van der Waals surface area contributed by atoms with Crippen molar-refractivity contribution < 1.29 is 9.59 Å². The number of nitrogens with one attached hydrogen (secondary N) is 1. The van der Waals surface area contributed by atoms with Crippen LogP contribution in [0, 0.1) is 0 Å². The highest BCUT2D eigenvalue weighted by Gasteiger charge is 2.15. The van der Waals surface area contributed by atoms with Crippen molar-refractivity contribution in [2.75, 3.05) is 0 Å². The molecular weight excluding hydrogens is 350 g/mol. The maximum atomic E-state index is 12.7. The van der Waals surface area contributed by atoms with Gasteiger partial charge in [-0.2, -0.15) is 0 Å². The first-order valence-electron chi connectivity index (χ1n) is 8.12. The topological polar surface area (TPSA) is 64.0 Å². The first kappa shape index (κ1) is 17.9. The molecule has 0 atom stereocenters. The Bertz CT molecular complexity index is 990. The summed E-state index contributed by atoms with van der Waals surface area (Å²) in [6.07, 6.45) is 0. The smallest absolute Gasteiger partial charge is 0.246 e. The van der Waals surface area contributed by atoms with Crippen molar-refractivity contribution in [1.29, 1.82) is 0 Å². The fourth-order valence-electron chi connectivity index (χ4n) is 2.62. The predicted molar refractivity (Wildman–Crippen MR) is 102 cm³/mol. The molecule has 0 saturated heterocycles. The van der Waals surface area contributed by atoms with Crippen LogP contribution in [-0.4, -0.2) is 21.2 Å². The van der Waals surface area contributed by atoms with E-state index in [4.69, 9.17) is 11.6 Å². The molecule has 3 aromatic rings. The van der Waals surface area contributed by atoms with Crippen LogP contribution < -0.4 is 5.32 Å². The quantitative estimate of drug-likeness (QED) is 0.533. The number of nitrogens with zero attached hydrogens (tertiary/aromatic N) is 2. The molecule has 26 heavy (non-hydrogen) atoms. The molecule has 2 aromatic carbocycles. The minimum Gasteiger partial charge on any atom is -0.345 e. The standard InChI is InChI=1S/C20H18ClN3O2/c1-13(2)20(26)22-11-19-23-16-5-3-4-6-17(16)24(19)12-18(25)14-7-9-15(21)10-8-14/h3-10H,1,11-12H2,2H3,(H,22,26). The van der Waals surface area contributed by atoms with Gasteiger partial charge in [-0.3, -0.25) is 9.59 Å². The van der Waals surface area contributed by atoms with E-state index in [0.29, 0.717) is 22.0 Å². The van der Waals surface area contributed by atoms with Crippen molar-refractivity contribution in [2.24, 2.45) is 0 Å². The van der Waals surface area contributed by atoms with E-state index in [-0.39, 0.29) is 24.8 Å². The number of ketones is 1. The van der Waals surface area contributed by atoms with Crippen LogP contribution in [0.4, 0.5) is 0 Å². The second-order valence-corrected chi connectivity index (χ2v) is 6.43. The third-order valence-corrected chi connectivity index (χ3v) is 4.25. The predicted octanol–water partition coefficient (Wildman–Crippen LogP) is 3.76. The van der Waals surface area contributed by atoms with Crippen molar-refractivity contribution in [3.8, 4) is 0 Å². The number of carbonyl (C=O) groups is 2. The maximum Gasteiger partial charge on any atom is 0.246 e. The number of hydrogen-bond donors (Lipinski definition) is 1. The van der Waals surface area contributed by atoms with Crippen LogP contribution in [-0.2, 0) is 17.9 Å². The number of fused-ring (bicyclic) bond motifs is 1. The van der Waals surface area contributed by atoms with Crippen LogP contribution in [0.2, 0.25) is 5.02 Å². The van der Waals surface area contributed by atoms with Gasteiger partial charge in [-0.15, -0.1) is 0 Å². The zero-order chi connectivity index (χ0) is 18.7. The Morgan fingerprint density at radius 3 is 2.54 bits per heavy atom. The average molecular weight is 368 g/mol. The van der Waals surface area contributed by atoms with Gasteiger partial charge in [0.2, 0.25) is 5.91 Å². The summed E-state index contributed by atoms with van der Waals surface area (Å²) in [7, 11) is 0. The molecule has 1 aromatic heterocycles. The first-order chi connectivity index (χ1) is 12.5. The molecule has 0 aliphatic heterocycles. The van der Waals surface area contributed by atoms with E-state index in [9.17, 15) is 9.59 Å². The zero-order valence-corrected chi connectivity index (χ0v) is 15.1. The first-order valence-corrected chi connectivity index (χ1v) is 8.50. The highest BCUT2D eigenvalue weighted by molar-refractivity contribution is 6.30. The minimum atomic E-state index is -0.243. The Kier molecular flexibility index (Phi) is 5.19. The van der Waals surface area contributed by atoms with E-state index in [2.05, 4.69) is 16.9 Å². The number of benzene rings is 2. The molecule has 0 saturated carbocycles. The largest absolute Gasteiger partial charge is 0.345 e. The number of para-hydroxylation sites is 2. The lowest BCUT2D eigenvalue weighted by molar-refractivity contribution is -0.117. The fourth-order valence-corrected chi connectivity index (χ4v) is 2.74. The number of halogens is 1. The molecule has 1 amide bonds. The summed E-state index contributed by atoms with van der Waals surface area (Å²) in [4.78, 5) is 29.0. The van der Waals surface area contributed by atoms with Crippen molar-refractivity contribution in [3.05, 3.63) is 77.1 Å². The van der Waals surface area contributed by atoms with Gasteiger partial charge < -0.3 is 9.88 Å². The molecule has 0 spiro atoms. The van der Waals surface area contributed by atoms with Crippen molar-refractivity contribution in [2.45, 2.75) is 20.0 Å². The van der Waals surface area contributed by atoms with Crippen molar-refractivity contribution in [1.82, 2.24) is 14.9 Å². The summed E-state index contributed by atoms with van der Waals surface area (Å²) in [5, 5.41) is 3.35. The average Bonchev–Trinajstić information content (AvgIpc) is 2.97. The zero-order valence-electron chi connectivity index (χ0n) is 14.3. The SMILES string of the molecule is C=C(C)C(=O)NCc1nc2ccccc2n1CC(=O)c1ccc(Cl)cc1. The van der Waals surface area contributed by atoms with E-state index in [1.165, 1.54) is 0 Å². The van der Waals surface area contributed by atoms with Crippen LogP contribution in [0.25, 0.3) is 11.0 Å². The molecule has 1 N–H and O–H groups in total. The molecular formula is C20H18ClN3O2. The van der Waals surface area contributed by atoms with Crippen LogP contribution in [0.5, 0.6) is 0 Å². The molecule has 0 aliphatic rings. The lowest BCUT2D eigenvalue weighted by Crippen LogP contribution is -2.25. The summed E-state index contributed by atoms with van der Waals surface area (Å²) in [5.74, 6) is 0.313. The summed E-state index contributed by atoms with van der Waals surface area (Å²) in [5.41, 5.74) is 2.61. The second-order valence-electron chi connectivity index (χ2n) is 6.00. The minimum absolute atomic E-state index is 0.0581. The summed E-state index contributed by atoms with van der Waals surface area (Å²) in [6, 6.07) is 14.3. The molecule has 0 aliphatic carbocycles. The van der Waals surface area contributed by atoms with Crippen LogP contribution >= 0.6 is 11.6 Å². The van der Waals surface area contributed by atoms with Crippen LogP contribution in [0.15, 0.2) is 60.7 Å².